The van der Waals surface area contributed by atoms with Crippen LogP contribution in [0, 0.1) is 0 Å². The Bertz CT molecular complexity index is 663. The quantitative estimate of drug-likeness (QED) is 0.762. The van der Waals surface area contributed by atoms with Crippen molar-refractivity contribution in [2.24, 2.45) is 4.99 Å². The first-order valence-corrected chi connectivity index (χ1v) is 7.40. The third kappa shape index (κ3) is 4.03. The second-order valence-electron chi connectivity index (χ2n) is 5.29. The minimum atomic E-state index is 0.892. The Hall–Kier alpha value is -2.41. The van der Waals surface area contributed by atoms with Gasteiger partial charge in [0.1, 0.15) is 0 Å². The van der Waals surface area contributed by atoms with Gasteiger partial charge in [-0.15, -0.1) is 0 Å². The molecule has 0 aliphatic carbocycles. The summed E-state index contributed by atoms with van der Waals surface area (Å²) in [6.07, 6.45) is 9.20. The van der Waals surface area contributed by atoms with Crippen molar-refractivity contribution >= 4 is 5.71 Å². The van der Waals surface area contributed by atoms with Crippen molar-refractivity contribution in [2.45, 2.75) is 19.3 Å². The fourth-order valence-corrected chi connectivity index (χ4v) is 2.52. The highest BCUT2D eigenvalue weighted by Gasteiger charge is 2.05. The maximum absolute atomic E-state index is 4.88. The van der Waals surface area contributed by atoms with E-state index in [1.165, 1.54) is 16.8 Å². The third-order valence-corrected chi connectivity index (χ3v) is 3.56. The van der Waals surface area contributed by atoms with Crippen molar-refractivity contribution in [1.82, 2.24) is 0 Å². The van der Waals surface area contributed by atoms with Crippen LogP contribution < -0.4 is 0 Å². The lowest BCUT2D eigenvalue weighted by atomic mass is 10.1. The van der Waals surface area contributed by atoms with Crippen molar-refractivity contribution in [1.29, 1.82) is 0 Å². The maximum Gasteiger partial charge on any atom is 0.0446 e. The Morgan fingerprint density at radius 2 is 1.38 bits per heavy atom. The first-order chi connectivity index (χ1) is 10.4. The number of nitrogens with zero attached hydrogens (tertiary/aromatic N) is 1. The molecule has 0 bridgehead atoms. The second-order valence-corrected chi connectivity index (χ2v) is 5.29. The van der Waals surface area contributed by atoms with Crippen LogP contribution in [0.25, 0.3) is 0 Å². The minimum Gasteiger partial charge on any atom is -0.261 e. The summed E-state index contributed by atoms with van der Waals surface area (Å²) in [4.78, 5) is 4.88. The molecule has 0 atom stereocenters. The molecular formula is C20H19N. The molecule has 2 aromatic carbocycles. The molecule has 2 aromatic rings. The Kier molecular flexibility index (Phi) is 4.42. The van der Waals surface area contributed by atoms with Gasteiger partial charge in [-0.3, -0.25) is 4.99 Å². The Labute approximate surface area is 126 Å². The second kappa shape index (κ2) is 6.85. The van der Waals surface area contributed by atoms with Crippen LogP contribution in [0.5, 0.6) is 0 Å². The van der Waals surface area contributed by atoms with Gasteiger partial charge in [-0.1, -0.05) is 72.8 Å². The highest BCUT2D eigenvalue weighted by molar-refractivity contribution is 5.89. The van der Waals surface area contributed by atoms with E-state index in [1.807, 2.05) is 0 Å². The average Bonchev–Trinajstić information content (AvgIpc) is 2.74. The van der Waals surface area contributed by atoms with Crippen molar-refractivity contribution in [3.05, 3.63) is 95.7 Å². The van der Waals surface area contributed by atoms with Gasteiger partial charge in [0, 0.05) is 30.7 Å². The molecule has 0 unspecified atom stereocenters. The van der Waals surface area contributed by atoms with Crippen molar-refractivity contribution in [3.8, 4) is 0 Å². The molecule has 1 aliphatic rings. The van der Waals surface area contributed by atoms with E-state index in [2.05, 4.69) is 78.9 Å². The van der Waals surface area contributed by atoms with Gasteiger partial charge in [0.25, 0.3) is 0 Å². The summed E-state index contributed by atoms with van der Waals surface area (Å²) in [6.45, 7) is 0. The van der Waals surface area contributed by atoms with E-state index >= 15 is 0 Å². The molecule has 1 nitrogen and oxygen atoms in total. The van der Waals surface area contributed by atoms with Gasteiger partial charge in [0.2, 0.25) is 0 Å². The van der Waals surface area contributed by atoms with E-state index in [0.717, 1.165) is 25.0 Å². The van der Waals surface area contributed by atoms with E-state index in [0.29, 0.717) is 0 Å². The van der Waals surface area contributed by atoms with Gasteiger partial charge in [-0.05, 0) is 17.2 Å². The molecule has 3 rings (SSSR count). The zero-order valence-electron chi connectivity index (χ0n) is 12.1. The van der Waals surface area contributed by atoms with Gasteiger partial charge >= 0.3 is 0 Å². The number of allylic oxidation sites excluding steroid dienone is 4. The standard InChI is InChI=1S/C20H19N/c1-3-9-17(10-4-1)15-19-13-7-8-14-20(21-19)16-18-11-5-2-6-12-18/h1-13H,14-16H2. The molecule has 1 aliphatic heterocycles. The van der Waals surface area contributed by atoms with Crippen LogP contribution in [0.4, 0.5) is 0 Å². The number of rotatable bonds is 4. The molecule has 0 saturated heterocycles. The maximum atomic E-state index is 4.88. The van der Waals surface area contributed by atoms with Gasteiger partial charge < -0.3 is 0 Å². The summed E-state index contributed by atoms with van der Waals surface area (Å²) < 4.78 is 0. The Morgan fingerprint density at radius 3 is 2.05 bits per heavy atom. The predicted molar refractivity (Wildman–Crippen MR) is 89.6 cm³/mol. The fourth-order valence-electron chi connectivity index (χ4n) is 2.52. The lowest BCUT2D eigenvalue weighted by Gasteiger charge is -2.06. The van der Waals surface area contributed by atoms with Crippen LogP contribution in [0.15, 0.2) is 89.6 Å². The summed E-state index contributed by atoms with van der Waals surface area (Å²) in [6, 6.07) is 21.1. The predicted octanol–water partition coefficient (Wildman–Crippen LogP) is 4.76. The summed E-state index contributed by atoms with van der Waals surface area (Å²) in [5.74, 6) is 0. The molecule has 0 radical (unpaired) electrons. The first-order valence-electron chi connectivity index (χ1n) is 7.40. The van der Waals surface area contributed by atoms with Crippen LogP contribution >= 0.6 is 0 Å². The summed E-state index contributed by atoms with van der Waals surface area (Å²) in [5.41, 5.74) is 5.01. The van der Waals surface area contributed by atoms with Crippen molar-refractivity contribution in [2.75, 3.05) is 0 Å². The molecule has 0 amide bonds. The highest BCUT2D eigenvalue weighted by atomic mass is 14.8. The monoisotopic (exact) mass is 273 g/mol. The van der Waals surface area contributed by atoms with E-state index < -0.39 is 0 Å². The minimum absolute atomic E-state index is 0.892. The van der Waals surface area contributed by atoms with Crippen molar-refractivity contribution in [3.63, 3.8) is 0 Å². The Morgan fingerprint density at radius 1 is 0.762 bits per heavy atom. The van der Waals surface area contributed by atoms with E-state index in [9.17, 15) is 0 Å². The van der Waals surface area contributed by atoms with Crippen LogP contribution in [-0.4, -0.2) is 5.71 Å². The molecule has 0 fully saturated rings. The van der Waals surface area contributed by atoms with Crippen LogP contribution in [0.3, 0.4) is 0 Å². The average molecular weight is 273 g/mol. The first kappa shape index (κ1) is 13.6. The number of benzene rings is 2. The number of hydrogen-bond donors (Lipinski definition) is 0. The third-order valence-electron chi connectivity index (χ3n) is 3.56. The van der Waals surface area contributed by atoms with E-state index in [1.54, 1.807) is 0 Å². The largest absolute Gasteiger partial charge is 0.261 e. The van der Waals surface area contributed by atoms with Crippen LogP contribution in [0.2, 0.25) is 0 Å². The van der Waals surface area contributed by atoms with Crippen LogP contribution in [-0.2, 0) is 12.8 Å². The van der Waals surface area contributed by atoms with Gasteiger partial charge in [-0.2, -0.15) is 0 Å². The molecule has 0 saturated carbocycles. The van der Waals surface area contributed by atoms with Gasteiger partial charge in [0.15, 0.2) is 0 Å². The summed E-state index contributed by atoms with van der Waals surface area (Å²) in [7, 11) is 0. The van der Waals surface area contributed by atoms with Crippen molar-refractivity contribution < 1.29 is 0 Å². The zero-order chi connectivity index (χ0) is 14.3. The normalized spacial score (nSPS) is 14.3. The summed E-state index contributed by atoms with van der Waals surface area (Å²) >= 11 is 0. The molecule has 0 aromatic heterocycles. The lowest BCUT2D eigenvalue weighted by molar-refractivity contribution is 1.09. The number of hydrogen-bond acceptors (Lipinski definition) is 1. The Balaban J connectivity index is 1.76. The SMILES string of the molecule is C1=CCC(Cc2ccccc2)=NC(Cc2ccccc2)=C1. The molecular weight excluding hydrogens is 254 g/mol. The molecule has 104 valence electrons. The fraction of sp³-hybridized carbons (Fsp3) is 0.150. The smallest absolute Gasteiger partial charge is 0.0446 e. The molecule has 1 heterocycles. The van der Waals surface area contributed by atoms with Gasteiger partial charge in [-0.25, -0.2) is 0 Å². The van der Waals surface area contributed by atoms with E-state index in [-0.39, 0.29) is 0 Å². The van der Waals surface area contributed by atoms with Gasteiger partial charge in [0.05, 0.1) is 0 Å². The molecule has 21 heavy (non-hydrogen) atoms. The van der Waals surface area contributed by atoms with E-state index in [4.69, 9.17) is 4.99 Å². The summed E-state index contributed by atoms with van der Waals surface area (Å²) in [5, 5.41) is 0. The zero-order valence-corrected chi connectivity index (χ0v) is 12.1. The highest BCUT2D eigenvalue weighted by Crippen LogP contribution is 2.15. The molecule has 0 spiro atoms. The topological polar surface area (TPSA) is 12.4 Å². The molecule has 0 N–H and O–H groups in total. The number of aliphatic imine (C=N–C) groups is 1. The molecule has 1 heteroatoms. The van der Waals surface area contributed by atoms with Crippen LogP contribution in [0.1, 0.15) is 17.5 Å². The lowest BCUT2D eigenvalue weighted by Crippen LogP contribution is -2.03.